The van der Waals surface area contributed by atoms with E-state index in [-0.39, 0.29) is 11.8 Å². The van der Waals surface area contributed by atoms with Crippen molar-refractivity contribution < 1.29 is 9.53 Å². The van der Waals surface area contributed by atoms with Crippen LogP contribution < -0.4 is 10.1 Å². The Kier molecular flexibility index (Phi) is 4.39. The van der Waals surface area contributed by atoms with Gasteiger partial charge in [0.15, 0.2) is 0 Å². The lowest BCUT2D eigenvalue weighted by molar-refractivity contribution is -0.117. The van der Waals surface area contributed by atoms with Crippen molar-refractivity contribution in [2.75, 3.05) is 17.7 Å². The molecule has 114 valence electrons. The number of hydrogen-bond acceptors (Lipinski definition) is 3. The van der Waals surface area contributed by atoms with Crippen LogP contribution in [0.1, 0.15) is 24.0 Å². The third kappa shape index (κ3) is 2.97. The summed E-state index contributed by atoms with van der Waals surface area (Å²) in [6.45, 7) is 4.59. The third-order valence-corrected chi connectivity index (χ3v) is 4.94. The fraction of sp³-hybridized carbons (Fsp3) is 0.278. The number of nitrogens with one attached hydrogen (secondary N) is 1. The molecule has 1 N–H and O–H groups in total. The molecule has 1 heterocycles. The number of amides is 1. The van der Waals surface area contributed by atoms with Crippen LogP contribution in [0.15, 0.2) is 47.4 Å². The summed E-state index contributed by atoms with van der Waals surface area (Å²) in [5, 5.41) is 3.03. The van der Waals surface area contributed by atoms with Gasteiger partial charge in [0.2, 0.25) is 5.91 Å². The molecule has 0 bridgehead atoms. The van der Waals surface area contributed by atoms with Crippen molar-refractivity contribution in [1.82, 2.24) is 0 Å². The Bertz CT molecular complexity index is 699. The maximum absolute atomic E-state index is 12.5. The number of anilines is 1. The quantitative estimate of drug-likeness (QED) is 0.918. The summed E-state index contributed by atoms with van der Waals surface area (Å²) < 4.78 is 5.53. The van der Waals surface area contributed by atoms with E-state index in [1.54, 1.807) is 11.8 Å². The molecule has 0 saturated carbocycles. The zero-order valence-corrected chi connectivity index (χ0v) is 13.6. The van der Waals surface area contributed by atoms with Crippen LogP contribution in [0.2, 0.25) is 0 Å². The Balaban J connectivity index is 1.74. The fourth-order valence-electron chi connectivity index (χ4n) is 2.65. The highest BCUT2D eigenvalue weighted by molar-refractivity contribution is 7.99. The lowest BCUT2D eigenvalue weighted by Gasteiger charge is -2.13. The molecule has 0 saturated heterocycles. The monoisotopic (exact) mass is 313 g/mol. The van der Waals surface area contributed by atoms with Crippen LogP contribution in [0.3, 0.4) is 0 Å². The number of hydrogen-bond donors (Lipinski definition) is 1. The van der Waals surface area contributed by atoms with Crippen molar-refractivity contribution in [3.05, 3.63) is 53.6 Å². The van der Waals surface area contributed by atoms with Gasteiger partial charge in [-0.05, 0) is 49.2 Å². The van der Waals surface area contributed by atoms with Crippen molar-refractivity contribution in [3.8, 4) is 5.75 Å². The van der Waals surface area contributed by atoms with E-state index in [1.165, 1.54) is 4.90 Å². The summed E-state index contributed by atoms with van der Waals surface area (Å²) in [7, 11) is 0. The molecule has 4 heteroatoms. The Hall–Kier alpha value is -1.94. The minimum absolute atomic E-state index is 0.0565. The van der Waals surface area contributed by atoms with Crippen LogP contribution in [0.5, 0.6) is 5.75 Å². The van der Waals surface area contributed by atoms with Crippen LogP contribution in [0, 0.1) is 6.92 Å². The molecule has 0 spiro atoms. The molecule has 3 nitrogen and oxygen atoms in total. The zero-order valence-electron chi connectivity index (χ0n) is 12.8. The molecule has 22 heavy (non-hydrogen) atoms. The second kappa shape index (κ2) is 6.44. The van der Waals surface area contributed by atoms with E-state index in [9.17, 15) is 4.79 Å². The van der Waals surface area contributed by atoms with Gasteiger partial charge in [-0.2, -0.15) is 0 Å². The standard InChI is InChI=1S/C18H19NO2S/c1-3-21-16-9-8-13(10-12(16)2)19-18(20)15-11-22-17-7-5-4-6-14(15)17/h4-10,15H,3,11H2,1-2H3,(H,19,20). The fourth-order valence-corrected chi connectivity index (χ4v) is 3.88. The van der Waals surface area contributed by atoms with Gasteiger partial charge in [-0.1, -0.05) is 18.2 Å². The maximum Gasteiger partial charge on any atom is 0.232 e. The zero-order chi connectivity index (χ0) is 15.5. The molecule has 0 fully saturated rings. The molecule has 3 rings (SSSR count). The first-order valence-corrected chi connectivity index (χ1v) is 8.43. The van der Waals surface area contributed by atoms with Gasteiger partial charge in [-0.15, -0.1) is 11.8 Å². The first kappa shape index (κ1) is 15.0. The third-order valence-electron chi connectivity index (χ3n) is 3.76. The largest absolute Gasteiger partial charge is 0.494 e. The van der Waals surface area contributed by atoms with E-state index in [0.29, 0.717) is 6.61 Å². The van der Waals surface area contributed by atoms with Gasteiger partial charge in [-0.3, -0.25) is 4.79 Å². The maximum atomic E-state index is 12.5. The number of ether oxygens (including phenoxy) is 1. The lowest BCUT2D eigenvalue weighted by Crippen LogP contribution is -2.21. The molecule has 1 atom stereocenters. The summed E-state index contributed by atoms with van der Waals surface area (Å²) in [5.74, 6) is 1.65. The van der Waals surface area contributed by atoms with Crippen molar-refractivity contribution in [1.29, 1.82) is 0 Å². The molecule has 0 radical (unpaired) electrons. The van der Waals surface area contributed by atoms with E-state index in [1.807, 2.05) is 50.2 Å². The van der Waals surface area contributed by atoms with E-state index in [4.69, 9.17) is 4.74 Å². The first-order chi connectivity index (χ1) is 10.7. The molecular formula is C18H19NO2S. The van der Waals surface area contributed by atoms with Gasteiger partial charge in [0, 0.05) is 16.3 Å². The average molecular weight is 313 g/mol. The van der Waals surface area contributed by atoms with Crippen molar-refractivity contribution in [3.63, 3.8) is 0 Å². The molecule has 2 aromatic rings. The first-order valence-electron chi connectivity index (χ1n) is 7.45. The van der Waals surface area contributed by atoms with Gasteiger partial charge in [0.05, 0.1) is 12.5 Å². The van der Waals surface area contributed by atoms with E-state index in [0.717, 1.165) is 28.3 Å². The minimum Gasteiger partial charge on any atom is -0.494 e. The highest BCUT2D eigenvalue weighted by atomic mass is 32.2. The predicted octanol–water partition coefficient (Wildman–Crippen LogP) is 4.22. The predicted molar refractivity (Wildman–Crippen MR) is 90.9 cm³/mol. The summed E-state index contributed by atoms with van der Waals surface area (Å²) in [6, 6.07) is 13.9. The molecule has 0 aliphatic carbocycles. The van der Waals surface area contributed by atoms with Crippen molar-refractivity contribution in [2.24, 2.45) is 0 Å². The normalized spacial score (nSPS) is 16.2. The highest BCUT2D eigenvalue weighted by Gasteiger charge is 2.28. The smallest absolute Gasteiger partial charge is 0.232 e. The Morgan fingerprint density at radius 3 is 2.91 bits per heavy atom. The molecule has 0 aromatic heterocycles. The van der Waals surface area contributed by atoms with Crippen LogP contribution in [0.25, 0.3) is 0 Å². The van der Waals surface area contributed by atoms with Crippen molar-refractivity contribution in [2.45, 2.75) is 24.7 Å². The molecule has 1 aliphatic heterocycles. The number of fused-ring (bicyclic) bond motifs is 1. The molecule has 1 aliphatic rings. The lowest BCUT2D eigenvalue weighted by atomic mass is 10.0. The average Bonchev–Trinajstić information content (AvgIpc) is 2.94. The number of carbonyl (C=O) groups excluding carboxylic acids is 1. The van der Waals surface area contributed by atoms with Gasteiger partial charge in [0.1, 0.15) is 5.75 Å². The van der Waals surface area contributed by atoms with Crippen LogP contribution >= 0.6 is 11.8 Å². The minimum atomic E-state index is -0.0759. The van der Waals surface area contributed by atoms with Crippen molar-refractivity contribution >= 4 is 23.4 Å². The number of thioether (sulfide) groups is 1. The topological polar surface area (TPSA) is 38.3 Å². The van der Waals surface area contributed by atoms with Crippen LogP contribution in [-0.4, -0.2) is 18.3 Å². The Morgan fingerprint density at radius 2 is 2.14 bits per heavy atom. The van der Waals surface area contributed by atoms with Gasteiger partial charge in [-0.25, -0.2) is 0 Å². The van der Waals surface area contributed by atoms with E-state index < -0.39 is 0 Å². The molecule has 2 aromatic carbocycles. The summed E-state index contributed by atoms with van der Waals surface area (Å²) in [6.07, 6.45) is 0. The molecule has 1 unspecified atom stereocenters. The van der Waals surface area contributed by atoms with Crippen LogP contribution in [0.4, 0.5) is 5.69 Å². The summed E-state index contributed by atoms with van der Waals surface area (Å²) in [4.78, 5) is 13.8. The van der Waals surface area contributed by atoms with Gasteiger partial charge >= 0.3 is 0 Å². The van der Waals surface area contributed by atoms with E-state index >= 15 is 0 Å². The SMILES string of the molecule is CCOc1ccc(NC(=O)C2CSc3ccccc32)cc1C. The molecule has 1 amide bonds. The van der Waals surface area contributed by atoms with Gasteiger partial charge < -0.3 is 10.1 Å². The number of rotatable bonds is 4. The second-order valence-corrected chi connectivity index (χ2v) is 6.37. The van der Waals surface area contributed by atoms with E-state index in [2.05, 4.69) is 11.4 Å². The Morgan fingerprint density at radius 1 is 1.32 bits per heavy atom. The number of aryl methyl sites for hydroxylation is 1. The number of benzene rings is 2. The highest BCUT2D eigenvalue weighted by Crippen LogP contribution is 2.39. The number of carbonyl (C=O) groups is 1. The second-order valence-electron chi connectivity index (χ2n) is 5.30. The Labute approximate surface area is 135 Å². The molecular weight excluding hydrogens is 294 g/mol. The van der Waals surface area contributed by atoms with Crippen LogP contribution in [-0.2, 0) is 4.79 Å². The summed E-state index contributed by atoms with van der Waals surface area (Å²) >= 11 is 1.75. The van der Waals surface area contributed by atoms with Gasteiger partial charge in [0.25, 0.3) is 0 Å². The summed E-state index contributed by atoms with van der Waals surface area (Å²) in [5.41, 5.74) is 2.98.